The Kier molecular flexibility index (Phi) is 4.24. The molecule has 0 fully saturated rings. The Labute approximate surface area is 127 Å². The molecule has 0 saturated heterocycles. The topological polar surface area (TPSA) is 88.4 Å². The van der Waals surface area contributed by atoms with Crippen LogP contribution in [0, 0.1) is 0 Å². The van der Waals surface area contributed by atoms with Crippen molar-refractivity contribution >= 4 is 33.3 Å². The average molecular weight is 329 g/mol. The lowest BCUT2D eigenvalue weighted by molar-refractivity contribution is 0.0685. The number of hydrogen-bond acceptors (Lipinski definition) is 3. The molecule has 0 aliphatic heterocycles. The second-order valence-corrected chi connectivity index (χ2v) is 6.33. The zero-order chi connectivity index (χ0) is 15.6. The van der Waals surface area contributed by atoms with Gasteiger partial charge < -0.3 is 9.67 Å². The number of nitrogens with zero attached hydrogens (tertiary/aromatic N) is 1. The Bertz CT molecular complexity index is 783. The third kappa shape index (κ3) is 3.20. The molecule has 0 radical (unpaired) electrons. The Morgan fingerprint density at radius 1 is 1.38 bits per heavy atom. The minimum atomic E-state index is -3.90. The van der Waals surface area contributed by atoms with E-state index in [0.717, 1.165) is 6.07 Å². The Morgan fingerprint density at radius 3 is 2.57 bits per heavy atom. The smallest absolute Gasteiger partial charge is 0.352 e. The first-order valence-corrected chi connectivity index (χ1v) is 7.92. The maximum absolute atomic E-state index is 12.3. The summed E-state index contributed by atoms with van der Waals surface area (Å²) < 4.78 is 28.3. The van der Waals surface area contributed by atoms with Crippen LogP contribution in [0.5, 0.6) is 0 Å². The second-order valence-electron chi connectivity index (χ2n) is 4.24. The molecule has 2 N–H and O–H groups in total. The average Bonchev–Trinajstić information content (AvgIpc) is 2.86. The molecule has 1 heterocycles. The van der Waals surface area contributed by atoms with E-state index in [2.05, 4.69) is 4.72 Å². The summed E-state index contributed by atoms with van der Waals surface area (Å²) in [4.78, 5) is 11.0. The standard InChI is InChI=1S/C13H13ClN2O4S/c1-2-16-8-9(7-12(16)13(17)18)21(19,20)15-11-6-4-3-5-10(11)14/h3-8,15H,2H2,1H3,(H,17,18). The van der Waals surface area contributed by atoms with Crippen LogP contribution in [-0.4, -0.2) is 24.1 Å². The van der Waals surface area contributed by atoms with Gasteiger partial charge in [-0.25, -0.2) is 13.2 Å². The summed E-state index contributed by atoms with van der Waals surface area (Å²) in [5.74, 6) is -1.18. The highest BCUT2D eigenvalue weighted by Crippen LogP contribution is 2.24. The Morgan fingerprint density at radius 2 is 2.05 bits per heavy atom. The van der Waals surface area contributed by atoms with Crippen LogP contribution in [0.4, 0.5) is 5.69 Å². The number of benzene rings is 1. The third-order valence-corrected chi connectivity index (χ3v) is 4.52. The zero-order valence-corrected chi connectivity index (χ0v) is 12.6. The highest BCUT2D eigenvalue weighted by Gasteiger charge is 2.21. The van der Waals surface area contributed by atoms with E-state index in [0.29, 0.717) is 6.54 Å². The van der Waals surface area contributed by atoms with Gasteiger partial charge in [-0.2, -0.15) is 0 Å². The molecule has 2 aromatic rings. The summed E-state index contributed by atoms with van der Waals surface area (Å²) in [7, 11) is -3.90. The highest BCUT2D eigenvalue weighted by atomic mass is 35.5. The quantitative estimate of drug-likeness (QED) is 0.883. The normalized spacial score (nSPS) is 11.3. The fourth-order valence-corrected chi connectivity index (χ4v) is 3.18. The number of rotatable bonds is 5. The van der Waals surface area contributed by atoms with Crippen molar-refractivity contribution in [3.05, 3.63) is 47.2 Å². The molecule has 21 heavy (non-hydrogen) atoms. The molecule has 0 aliphatic rings. The number of carboxylic acids is 1. The maximum Gasteiger partial charge on any atom is 0.352 e. The number of anilines is 1. The second kappa shape index (κ2) is 5.79. The number of para-hydroxylation sites is 1. The van der Waals surface area contributed by atoms with E-state index in [-0.39, 0.29) is 21.3 Å². The SMILES string of the molecule is CCn1cc(S(=O)(=O)Nc2ccccc2Cl)cc1C(=O)O. The molecule has 0 spiro atoms. The van der Waals surface area contributed by atoms with E-state index in [1.165, 1.54) is 16.8 Å². The lowest BCUT2D eigenvalue weighted by Gasteiger charge is -2.07. The third-order valence-electron chi connectivity index (χ3n) is 2.86. The number of sulfonamides is 1. The number of aryl methyl sites for hydroxylation is 1. The summed E-state index contributed by atoms with van der Waals surface area (Å²) in [6.07, 6.45) is 1.28. The van der Waals surface area contributed by atoms with Crippen LogP contribution in [0.2, 0.25) is 5.02 Å². The van der Waals surface area contributed by atoms with Gasteiger partial charge in [-0.15, -0.1) is 0 Å². The molecule has 0 unspecified atom stereocenters. The predicted octanol–water partition coefficient (Wildman–Crippen LogP) is 2.66. The minimum Gasteiger partial charge on any atom is -0.477 e. The van der Waals surface area contributed by atoms with E-state index >= 15 is 0 Å². The molecule has 0 amide bonds. The number of nitrogens with one attached hydrogen (secondary N) is 1. The maximum atomic E-state index is 12.3. The van der Waals surface area contributed by atoms with Crippen LogP contribution in [0.25, 0.3) is 0 Å². The number of aromatic carboxylic acids is 1. The number of hydrogen-bond donors (Lipinski definition) is 2. The molecule has 6 nitrogen and oxygen atoms in total. The van der Waals surface area contributed by atoms with E-state index < -0.39 is 16.0 Å². The van der Waals surface area contributed by atoms with Crippen molar-refractivity contribution in [1.82, 2.24) is 4.57 Å². The predicted molar refractivity (Wildman–Crippen MR) is 79.3 cm³/mol. The van der Waals surface area contributed by atoms with Crippen molar-refractivity contribution in [2.45, 2.75) is 18.4 Å². The summed E-state index contributed by atoms with van der Waals surface area (Å²) in [5.41, 5.74) is 0.150. The summed E-state index contributed by atoms with van der Waals surface area (Å²) in [5, 5.41) is 9.31. The van der Waals surface area contributed by atoms with Crippen LogP contribution in [-0.2, 0) is 16.6 Å². The van der Waals surface area contributed by atoms with E-state index in [1.54, 1.807) is 25.1 Å². The van der Waals surface area contributed by atoms with Gasteiger partial charge in [0.05, 0.1) is 10.7 Å². The molecule has 0 atom stereocenters. The van der Waals surface area contributed by atoms with E-state index in [1.807, 2.05) is 0 Å². The molecule has 112 valence electrons. The first-order valence-electron chi connectivity index (χ1n) is 6.06. The first-order chi connectivity index (χ1) is 9.85. The fourth-order valence-electron chi connectivity index (χ4n) is 1.82. The molecule has 2 rings (SSSR count). The molecular formula is C13H13ClN2O4S. The van der Waals surface area contributed by atoms with Gasteiger partial charge in [0.25, 0.3) is 10.0 Å². The van der Waals surface area contributed by atoms with Crippen molar-refractivity contribution in [2.75, 3.05) is 4.72 Å². The fraction of sp³-hybridized carbons (Fsp3) is 0.154. The molecular weight excluding hydrogens is 316 g/mol. The van der Waals surface area contributed by atoms with Gasteiger partial charge in [-0.05, 0) is 25.1 Å². The van der Waals surface area contributed by atoms with Gasteiger partial charge in [-0.3, -0.25) is 4.72 Å². The number of halogens is 1. The van der Waals surface area contributed by atoms with Gasteiger partial charge in [-0.1, -0.05) is 23.7 Å². The van der Waals surface area contributed by atoms with Gasteiger partial charge >= 0.3 is 5.97 Å². The zero-order valence-electron chi connectivity index (χ0n) is 11.1. The Hall–Kier alpha value is -1.99. The minimum absolute atomic E-state index is 0.0861. The lowest BCUT2D eigenvalue weighted by atomic mass is 10.3. The van der Waals surface area contributed by atoms with E-state index in [9.17, 15) is 13.2 Å². The molecule has 0 aliphatic carbocycles. The van der Waals surface area contributed by atoms with Crippen LogP contribution in [0.3, 0.4) is 0 Å². The highest BCUT2D eigenvalue weighted by molar-refractivity contribution is 7.92. The molecule has 0 saturated carbocycles. The molecule has 1 aromatic heterocycles. The van der Waals surface area contributed by atoms with Crippen molar-refractivity contribution in [3.8, 4) is 0 Å². The van der Waals surface area contributed by atoms with Crippen LogP contribution in [0.15, 0.2) is 41.4 Å². The van der Waals surface area contributed by atoms with Crippen molar-refractivity contribution in [2.24, 2.45) is 0 Å². The molecule has 8 heteroatoms. The number of aromatic nitrogens is 1. The van der Waals surface area contributed by atoms with Crippen LogP contribution in [0.1, 0.15) is 17.4 Å². The van der Waals surface area contributed by atoms with Crippen LogP contribution >= 0.6 is 11.6 Å². The molecule has 0 bridgehead atoms. The largest absolute Gasteiger partial charge is 0.477 e. The van der Waals surface area contributed by atoms with Crippen LogP contribution < -0.4 is 4.72 Å². The number of carbonyl (C=O) groups is 1. The summed E-state index contributed by atoms with van der Waals surface area (Å²) in [6, 6.07) is 7.51. The Balaban J connectivity index is 2.41. The monoisotopic (exact) mass is 328 g/mol. The lowest BCUT2D eigenvalue weighted by Crippen LogP contribution is -2.12. The van der Waals surface area contributed by atoms with Gasteiger partial charge in [0.2, 0.25) is 0 Å². The summed E-state index contributed by atoms with van der Waals surface area (Å²) in [6.45, 7) is 2.08. The van der Waals surface area contributed by atoms with Gasteiger partial charge in [0, 0.05) is 12.7 Å². The van der Waals surface area contributed by atoms with Crippen molar-refractivity contribution < 1.29 is 18.3 Å². The van der Waals surface area contributed by atoms with E-state index in [4.69, 9.17) is 16.7 Å². The van der Waals surface area contributed by atoms with Gasteiger partial charge in [0.1, 0.15) is 10.6 Å². The summed E-state index contributed by atoms with van der Waals surface area (Å²) >= 11 is 5.91. The first kappa shape index (κ1) is 15.4. The number of carboxylic acid groups (broad SMARTS) is 1. The van der Waals surface area contributed by atoms with Crippen molar-refractivity contribution in [3.63, 3.8) is 0 Å². The van der Waals surface area contributed by atoms with Gasteiger partial charge in [0.15, 0.2) is 0 Å². The van der Waals surface area contributed by atoms with Crippen molar-refractivity contribution in [1.29, 1.82) is 0 Å². The molecule has 1 aromatic carbocycles.